The Morgan fingerprint density at radius 1 is 1.25 bits per heavy atom. The molecule has 3 aromatic rings. The van der Waals surface area contributed by atoms with Gasteiger partial charge in [0.1, 0.15) is 6.61 Å². The fraction of sp³-hybridized carbons (Fsp3) is 0.158. The van der Waals surface area contributed by atoms with Crippen molar-refractivity contribution in [2.45, 2.75) is 14.0 Å². The second-order valence-corrected chi connectivity index (χ2v) is 5.88. The molecule has 1 aromatic heterocycles. The van der Waals surface area contributed by atoms with Gasteiger partial charge in [0, 0.05) is 23.7 Å². The average molecular weight is 405 g/mol. The van der Waals surface area contributed by atoms with Gasteiger partial charge in [0.05, 0.1) is 11.4 Å². The Balaban J connectivity index is 0.000000717. The molecule has 0 radical (unpaired) electrons. The van der Waals surface area contributed by atoms with E-state index < -0.39 is 0 Å². The minimum absolute atomic E-state index is 0. The van der Waals surface area contributed by atoms with Crippen LogP contribution < -0.4 is 26.9 Å². The Labute approximate surface area is 169 Å². The number of hydrogen-bond acceptors (Lipinski definition) is 6. The normalized spacial score (nSPS) is 9.43. The van der Waals surface area contributed by atoms with Gasteiger partial charge in [0.25, 0.3) is 0 Å². The number of nitrogens with zero attached hydrogens (tertiary/aromatic N) is 2. The molecule has 0 unspecified atom stereocenters. The van der Waals surface area contributed by atoms with Gasteiger partial charge in [-0.15, -0.1) is 5.10 Å². The lowest BCUT2D eigenvalue weighted by Gasteiger charge is -2.16. The standard InChI is InChI=1S/C17H17ClN4O.CH4N2O.CH4/c1-22(19)16-5-3-2-4-13(16)11-23-17-10-15(20-21-17)12-6-8-14(18)9-7-12;2-3-1-4;/h2-10H,11,19H2,1H3,(H,20,21);1H,2H2,(H,3,4);1H4. The smallest absolute Gasteiger partial charge is 0.233 e. The molecule has 0 spiro atoms. The number of nitrogens with two attached hydrogens (primary N) is 2. The van der Waals surface area contributed by atoms with E-state index in [0.29, 0.717) is 23.9 Å². The Bertz CT molecular complexity index is 852. The summed E-state index contributed by atoms with van der Waals surface area (Å²) in [5.41, 5.74) is 5.54. The van der Waals surface area contributed by atoms with Crippen LogP contribution >= 0.6 is 11.6 Å². The van der Waals surface area contributed by atoms with Crippen LogP contribution in [0, 0.1) is 0 Å². The predicted molar refractivity (Wildman–Crippen MR) is 113 cm³/mol. The maximum Gasteiger partial charge on any atom is 0.233 e. The molecule has 3 rings (SSSR count). The van der Waals surface area contributed by atoms with Gasteiger partial charge in [-0.05, 0) is 23.8 Å². The highest BCUT2D eigenvalue weighted by atomic mass is 35.5. The number of nitrogens with one attached hydrogen (secondary N) is 2. The molecule has 0 aliphatic rings. The van der Waals surface area contributed by atoms with Crippen molar-refractivity contribution in [1.29, 1.82) is 0 Å². The molecule has 0 fully saturated rings. The molecule has 0 aliphatic carbocycles. The number of amides is 1. The molecule has 150 valence electrons. The Morgan fingerprint density at radius 3 is 2.50 bits per heavy atom. The molecular weight excluding hydrogens is 380 g/mol. The number of aromatic nitrogens is 2. The van der Waals surface area contributed by atoms with Crippen molar-refractivity contribution in [2.75, 3.05) is 12.1 Å². The van der Waals surface area contributed by atoms with Crippen LogP contribution in [0.1, 0.15) is 13.0 Å². The number of anilines is 1. The number of ether oxygens (including phenoxy) is 1. The highest BCUT2D eigenvalue weighted by Gasteiger charge is 2.08. The number of carbonyl (C=O) groups excluding carboxylic acids is 1. The highest BCUT2D eigenvalue weighted by molar-refractivity contribution is 6.30. The third-order valence-electron chi connectivity index (χ3n) is 3.52. The molecule has 6 N–H and O–H groups in total. The first kappa shape index (κ1) is 23.0. The largest absolute Gasteiger partial charge is 0.472 e. The van der Waals surface area contributed by atoms with Gasteiger partial charge in [-0.1, -0.05) is 49.4 Å². The highest BCUT2D eigenvalue weighted by Crippen LogP contribution is 2.24. The number of halogens is 1. The van der Waals surface area contributed by atoms with Crippen LogP contribution in [0.5, 0.6) is 5.88 Å². The number of aromatic amines is 1. The minimum Gasteiger partial charge on any atom is -0.472 e. The van der Waals surface area contributed by atoms with E-state index in [1.807, 2.05) is 54.6 Å². The van der Waals surface area contributed by atoms with Crippen molar-refractivity contribution in [1.82, 2.24) is 15.6 Å². The average Bonchev–Trinajstić information content (AvgIpc) is 3.16. The molecule has 9 heteroatoms. The van der Waals surface area contributed by atoms with Gasteiger partial charge in [-0.3, -0.25) is 15.3 Å². The quantitative estimate of drug-likeness (QED) is 0.217. The molecule has 0 atom stereocenters. The molecule has 28 heavy (non-hydrogen) atoms. The number of hydrazine groups is 2. The Kier molecular flexibility index (Phi) is 9.52. The number of carbonyl (C=O) groups is 1. The molecule has 0 saturated heterocycles. The summed E-state index contributed by atoms with van der Waals surface area (Å²) in [5, 5.41) is 9.41. The van der Waals surface area contributed by atoms with Crippen LogP contribution in [-0.2, 0) is 11.4 Å². The van der Waals surface area contributed by atoms with Crippen molar-refractivity contribution in [3.8, 4) is 17.1 Å². The topological polar surface area (TPSA) is 122 Å². The maximum absolute atomic E-state index is 8.94. The summed E-state index contributed by atoms with van der Waals surface area (Å²) in [7, 11) is 1.80. The third kappa shape index (κ3) is 6.58. The Hall–Kier alpha value is -3.07. The number of benzene rings is 2. The predicted octanol–water partition coefficient (Wildman–Crippen LogP) is 2.86. The van der Waals surface area contributed by atoms with Crippen molar-refractivity contribution in [3.63, 3.8) is 0 Å². The van der Waals surface area contributed by atoms with Crippen LogP contribution in [0.4, 0.5) is 5.69 Å². The molecule has 0 saturated carbocycles. The van der Waals surface area contributed by atoms with Crippen LogP contribution in [-0.4, -0.2) is 23.7 Å². The van der Waals surface area contributed by atoms with E-state index in [1.54, 1.807) is 17.5 Å². The first-order chi connectivity index (χ1) is 13.0. The zero-order valence-electron chi connectivity index (χ0n) is 14.7. The van der Waals surface area contributed by atoms with Crippen molar-refractivity contribution in [2.24, 2.45) is 11.7 Å². The van der Waals surface area contributed by atoms with Crippen LogP contribution in [0.2, 0.25) is 5.02 Å². The second-order valence-electron chi connectivity index (χ2n) is 5.44. The SMILES string of the molecule is C.CN(N)c1ccccc1COc1cc(-c2ccc(Cl)cc2)[nH]n1.NNC=O. The first-order valence-corrected chi connectivity index (χ1v) is 8.33. The summed E-state index contributed by atoms with van der Waals surface area (Å²) in [4.78, 5) is 8.94. The van der Waals surface area contributed by atoms with Crippen molar-refractivity contribution in [3.05, 3.63) is 65.2 Å². The number of rotatable bonds is 6. The van der Waals surface area contributed by atoms with Crippen LogP contribution in [0.15, 0.2) is 54.6 Å². The van der Waals surface area contributed by atoms with E-state index in [-0.39, 0.29) is 7.43 Å². The zero-order chi connectivity index (χ0) is 19.6. The third-order valence-corrected chi connectivity index (χ3v) is 3.78. The van der Waals surface area contributed by atoms with Crippen molar-refractivity contribution >= 4 is 23.7 Å². The molecule has 0 aliphatic heterocycles. The summed E-state index contributed by atoms with van der Waals surface area (Å²) >= 11 is 5.90. The van der Waals surface area contributed by atoms with Gasteiger partial charge >= 0.3 is 0 Å². The van der Waals surface area contributed by atoms with Gasteiger partial charge < -0.3 is 9.75 Å². The van der Waals surface area contributed by atoms with E-state index in [1.165, 1.54) is 0 Å². The lowest BCUT2D eigenvalue weighted by molar-refractivity contribution is -0.109. The van der Waals surface area contributed by atoms with Gasteiger partial charge in [-0.2, -0.15) is 0 Å². The summed E-state index contributed by atoms with van der Waals surface area (Å²) in [6.45, 7) is 0.391. The Morgan fingerprint density at radius 2 is 1.89 bits per heavy atom. The fourth-order valence-corrected chi connectivity index (χ4v) is 2.41. The summed E-state index contributed by atoms with van der Waals surface area (Å²) in [6, 6.07) is 17.2. The lowest BCUT2D eigenvalue weighted by atomic mass is 10.1. The lowest BCUT2D eigenvalue weighted by Crippen LogP contribution is -2.26. The molecule has 1 heterocycles. The van der Waals surface area contributed by atoms with Gasteiger partial charge in [-0.25, -0.2) is 11.7 Å². The molecule has 0 bridgehead atoms. The summed E-state index contributed by atoms with van der Waals surface area (Å²) < 4.78 is 5.76. The molecule has 1 amide bonds. The molecule has 2 aromatic carbocycles. The van der Waals surface area contributed by atoms with Crippen LogP contribution in [0.3, 0.4) is 0 Å². The van der Waals surface area contributed by atoms with Crippen molar-refractivity contribution < 1.29 is 9.53 Å². The summed E-state index contributed by atoms with van der Waals surface area (Å²) in [5.74, 6) is 10.8. The number of para-hydroxylation sites is 1. The summed E-state index contributed by atoms with van der Waals surface area (Å²) in [6.07, 6.45) is 0.403. The van der Waals surface area contributed by atoms with E-state index in [4.69, 9.17) is 27.0 Å². The fourth-order valence-electron chi connectivity index (χ4n) is 2.28. The second kappa shape index (κ2) is 11.6. The van der Waals surface area contributed by atoms with Gasteiger partial charge in [0.2, 0.25) is 12.3 Å². The maximum atomic E-state index is 8.94. The zero-order valence-corrected chi connectivity index (χ0v) is 15.5. The monoisotopic (exact) mass is 404 g/mol. The first-order valence-electron chi connectivity index (χ1n) is 7.95. The van der Waals surface area contributed by atoms with Gasteiger partial charge in [0.15, 0.2) is 0 Å². The molecular formula is C19H25ClN6O2. The molecule has 8 nitrogen and oxygen atoms in total. The van der Waals surface area contributed by atoms with E-state index >= 15 is 0 Å². The number of H-pyrrole nitrogens is 1. The number of hydrogen-bond donors (Lipinski definition) is 4. The minimum atomic E-state index is 0. The van der Waals surface area contributed by atoms with E-state index in [0.717, 1.165) is 22.5 Å². The van der Waals surface area contributed by atoms with E-state index in [2.05, 4.69) is 16.0 Å². The van der Waals surface area contributed by atoms with E-state index in [9.17, 15) is 0 Å². The van der Waals surface area contributed by atoms with Crippen LogP contribution in [0.25, 0.3) is 11.3 Å².